The standard InChI is InChI=1S/C31H38N2O10/c1-17(2)27(35)42-24-18(3)41-29(37)21(16-40-28(36)20(24)15-19-11-9-8-10-12-19)33-26(34)23-25(22(39-7)13-14-32-23)43-30(38)31(4,5)6/h8-14,17-18,20-21,24H,15-16H2,1-7H3,(H,33,34)/t18-,20+,21-,24-/m0/s1. The number of carbonyl (C=O) groups is 5. The Kier molecular flexibility index (Phi) is 10.8. The lowest BCUT2D eigenvalue weighted by Gasteiger charge is -2.29. The summed E-state index contributed by atoms with van der Waals surface area (Å²) in [7, 11) is 1.33. The molecule has 43 heavy (non-hydrogen) atoms. The lowest BCUT2D eigenvalue weighted by Crippen LogP contribution is -2.47. The molecule has 4 atom stereocenters. The van der Waals surface area contributed by atoms with Gasteiger partial charge in [-0.05, 0) is 39.7 Å². The van der Waals surface area contributed by atoms with Gasteiger partial charge in [0.2, 0.25) is 5.75 Å². The van der Waals surface area contributed by atoms with E-state index in [4.69, 9.17) is 23.7 Å². The fourth-order valence-corrected chi connectivity index (χ4v) is 4.07. The maximum Gasteiger partial charge on any atom is 0.332 e. The summed E-state index contributed by atoms with van der Waals surface area (Å²) >= 11 is 0. The number of benzene rings is 1. The van der Waals surface area contributed by atoms with Gasteiger partial charge in [0.15, 0.2) is 23.6 Å². The number of nitrogens with one attached hydrogen (secondary N) is 1. The molecule has 1 amide bonds. The number of ether oxygens (including phenoxy) is 5. The lowest BCUT2D eigenvalue weighted by atomic mass is 9.91. The number of rotatable bonds is 8. The molecule has 232 valence electrons. The summed E-state index contributed by atoms with van der Waals surface area (Å²) in [5.74, 6) is -5.51. The van der Waals surface area contributed by atoms with Crippen LogP contribution in [0.15, 0.2) is 42.6 Å². The van der Waals surface area contributed by atoms with Crippen LogP contribution in [0.4, 0.5) is 0 Å². The largest absolute Gasteiger partial charge is 0.493 e. The molecule has 2 heterocycles. The van der Waals surface area contributed by atoms with Crippen molar-refractivity contribution in [2.75, 3.05) is 13.7 Å². The Morgan fingerprint density at radius 2 is 1.74 bits per heavy atom. The van der Waals surface area contributed by atoms with E-state index in [2.05, 4.69) is 10.3 Å². The third-order valence-corrected chi connectivity index (χ3v) is 6.58. The van der Waals surface area contributed by atoms with Gasteiger partial charge in [0.05, 0.1) is 18.4 Å². The van der Waals surface area contributed by atoms with Gasteiger partial charge in [-0.15, -0.1) is 0 Å². The van der Waals surface area contributed by atoms with E-state index in [9.17, 15) is 24.0 Å². The highest BCUT2D eigenvalue weighted by atomic mass is 16.6. The first-order chi connectivity index (χ1) is 20.2. The molecule has 1 N–H and O–H groups in total. The molecular weight excluding hydrogens is 560 g/mol. The molecule has 0 radical (unpaired) electrons. The third-order valence-electron chi connectivity index (χ3n) is 6.58. The molecule has 1 fully saturated rings. The van der Waals surface area contributed by atoms with Crippen molar-refractivity contribution in [3.8, 4) is 11.5 Å². The topological polar surface area (TPSA) is 156 Å². The second-order valence-electron chi connectivity index (χ2n) is 11.5. The monoisotopic (exact) mass is 598 g/mol. The second-order valence-corrected chi connectivity index (χ2v) is 11.5. The number of nitrogens with zero attached hydrogens (tertiary/aromatic N) is 1. The van der Waals surface area contributed by atoms with E-state index in [1.54, 1.807) is 46.8 Å². The minimum Gasteiger partial charge on any atom is -0.493 e. The van der Waals surface area contributed by atoms with Crippen LogP contribution >= 0.6 is 0 Å². The quantitative estimate of drug-likeness (QED) is 0.352. The summed E-state index contributed by atoms with van der Waals surface area (Å²) in [5, 5.41) is 2.46. The molecule has 12 nitrogen and oxygen atoms in total. The van der Waals surface area contributed by atoms with Gasteiger partial charge in [-0.1, -0.05) is 44.2 Å². The van der Waals surface area contributed by atoms with Crippen molar-refractivity contribution in [2.45, 2.75) is 66.2 Å². The van der Waals surface area contributed by atoms with E-state index in [0.29, 0.717) is 0 Å². The van der Waals surface area contributed by atoms with Crippen LogP contribution in [0.5, 0.6) is 11.5 Å². The van der Waals surface area contributed by atoms with Gasteiger partial charge in [0, 0.05) is 12.3 Å². The Labute approximate surface area is 250 Å². The number of carbonyl (C=O) groups excluding carboxylic acids is 5. The van der Waals surface area contributed by atoms with E-state index in [0.717, 1.165) is 5.56 Å². The van der Waals surface area contributed by atoms with Crippen molar-refractivity contribution < 1.29 is 47.7 Å². The molecule has 1 aliphatic rings. The third kappa shape index (κ3) is 8.52. The molecule has 0 aliphatic carbocycles. The Morgan fingerprint density at radius 1 is 1.07 bits per heavy atom. The summed E-state index contributed by atoms with van der Waals surface area (Å²) in [6.45, 7) is 9.12. The predicted molar refractivity (Wildman–Crippen MR) is 152 cm³/mol. The smallest absolute Gasteiger partial charge is 0.332 e. The molecule has 1 aromatic carbocycles. The van der Waals surface area contributed by atoms with Gasteiger partial charge in [-0.2, -0.15) is 0 Å². The van der Waals surface area contributed by atoms with Crippen LogP contribution in [-0.4, -0.2) is 66.7 Å². The highest BCUT2D eigenvalue weighted by Crippen LogP contribution is 2.32. The number of amides is 1. The van der Waals surface area contributed by atoms with E-state index in [-0.39, 0.29) is 23.6 Å². The number of pyridine rings is 1. The van der Waals surface area contributed by atoms with E-state index >= 15 is 0 Å². The molecule has 1 aromatic heterocycles. The van der Waals surface area contributed by atoms with Crippen molar-refractivity contribution in [1.29, 1.82) is 0 Å². The van der Waals surface area contributed by atoms with Crippen molar-refractivity contribution in [3.05, 3.63) is 53.9 Å². The lowest BCUT2D eigenvalue weighted by molar-refractivity contribution is -0.176. The zero-order valence-corrected chi connectivity index (χ0v) is 25.4. The number of methoxy groups -OCH3 is 1. The SMILES string of the molecule is COc1ccnc(C(=O)N[C@H]2COC(=O)[C@H](Cc3ccccc3)[C@@H](OC(=O)C(C)C)[C@H](C)OC2=O)c1OC(=O)C(C)(C)C. The van der Waals surface area contributed by atoms with Crippen LogP contribution in [0, 0.1) is 17.3 Å². The molecule has 0 saturated carbocycles. The number of cyclic esters (lactones) is 2. The highest BCUT2D eigenvalue weighted by molar-refractivity contribution is 5.99. The molecule has 12 heteroatoms. The van der Waals surface area contributed by atoms with Crippen LogP contribution in [0.2, 0.25) is 0 Å². The summed E-state index contributed by atoms with van der Waals surface area (Å²) in [5.41, 5.74) is -0.472. The first-order valence-electron chi connectivity index (χ1n) is 13.9. The van der Waals surface area contributed by atoms with Gasteiger partial charge in [-0.25, -0.2) is 9.78 Å². The number of esters is 4. The van der Waals surface area contributed by atoms with Crippen LogP contribution in [0.25, 0.3) is 0 Å². The maximum absolute atomic E-state index is 13.4. The van der Waals surface area contributed by atoms with E-state index in [1.807, 2.05) is 18.2 Å². The second kappa shape index (κ2) is 14.1. The Bertz CT molecular complexity index is 1340. The minimum atomic E-state index is -1.46. The fraction of sp³-hybridized carbons (Fsp3) is 0.484. The average Bonchev–Trinajstić information content (AvgIpc) is 2.99. The van der Waals surface area contributed by atoms with E-state index < -0.39 is 71.9 Å². The molecule has 0 unspecified atom stereocenters. The Morgan fingerprint density at radius 3 is 2.35 bits per heavy atom. The summed E-state index contributed by atoms with van der Waals surface area (Å²) in [4.78, 5) is 69.3. The molecule has 1 aliphatic heterocycles. The zero-order valence-electron chi connectivity index (χ0n) is 25.4. The Hall–Kier alpha value is -4.48. The first kappa shape index (κ1) is 33.0. The van der Waals surface area contributed by atoms with Gasteiger partial charge < -0.3 is 29.0 Å². The summed E-state index contributed by atoms with van der Waals surface area (Å²) in [6.07, 6.45) is -0.824. The van der Waals surface area contributed by atoms with Crippen molar-refractivity contribution in [3.63, 3.8) is 0 Å². The van der Waals surface area contributed by atoms with Crippen LogP contribution in [0.3, 0.4) is 0 Å². The van der Waals surface area contributed by atoms with Gasteiger partial charge in [0.25, 0.3) is 5.91 Å². The maximum atomic E-state index is 13.4. The molecule has 3 rings (SSSR count). The molecule has 0 bridgehead atoms. The first-order valence-corrected chi connectivity index (χ1v) is 13.9. The summed E-state index contributed by atoms with van der Waals surface area (Å²) < 4.78 is 27.5. The van der Waals surface area contributed by atoms with Crippen molar-refractivity contribution in [1.82, 2.24) is 10.3 Å². The zero-order chi connectivity index (χ0) is 31.9. The number of aromatic nitrogens is 1. The number of hydrogen-bond acceptors (Lipinski definition) is 11. The van der Waals surface area contributed by atoms with Crippen molar-refractivity contribution >= 4 is 29.8 Å². The normalized spacial score (nSPS) is 20.9. The summed E-state index contributed by atoms with van der Waals surface area (Å²) in [6, 6.07) is 9.00. The Balaban J connectivity index is 1.91. The van der Waals surface area contributed by atoms with Crippen molar-refractivity contribution in [2.24, 2.45) is 17.3 Å². The highest BCUT2D eigenvalue weighted by Gasteiger charge is 2.42. The fourth-order valence-electron chi connectivity index (χ4n) is 4.07. The molecule has 0 spiro atoms. The van der Waals surface area contributed by atoms with Gasteiger partial charge in [-0.3, -0.25) is 19.2 Å². The molecule has 2 aromatic rings. The van der Waals surface area contributed by atoms with Crippen LogP contribution in [0.1, 0.15) is 57.6 Å². The van der Waals surface area contributed by atoms with Crippen LogP contribution in [-0.2, 0) is 39.8 Å². The number of hydrogen-bond donors (Lipinski definition) is 1. The van der Waals surface area contributed by atoms with Crippen LogP contribution < -0.4 is 14.8 Å². The van der Waals surface area contributed by atoms with E-state index in [1.165, 1.54) is 26.3 Å². The minimum absolute atomic E-state index is 0.0633. The van der Waals surface area contributed by atoms with Gasteiger partial charge in [0.1, 0.15) is 18.6 Å². The molecular formula is C31H38N2O10. The van der Waals surface area contributed by atoms with Gasteiger partial charge >= 0.3 is 23.9 Å². The molecule has 1 saturated heterocycles. The predicted octanol–water partition coefficient (Wildman–Crippen LogP) is 3.06. The average molecular weight is 599 g/mol.